The van der Waals surface area contributed by atoms with Crippen molar-refractivity contribution in [3.05, 3.63) is 101 Å². The number of aryl methyl sites for hydroxylation is 1. The summed E-state index contributed by atoms with van der Waals surface area (Å²) in [6, 6.07) is 17.4. The van der Waals surface area contributed by atoms with Crippen molar-refractivity contribution in [2.75, 3.05) is 13.2 Å². The molecule has 2 N–H and O–H groups in total. The highest BCUT2D eigenvalue weighted by Gasteiger charge is 2.92. The zero-order valence-electron chi connectivity index (χ0n) is 38.2. The molecule has 4 aliphatic rings. The Balaban J connectivity index is 1.65. The van der Waals surface area contributed by atoms with Crippen LogP contribution in [0.25, 0.3) is 0 Å². The quantitative estimate of drug-likeness (QED) is 0.230. The number of carbonyl (C=O) groups is 8. The van der Waals surface area contributed by atoms with Crippen LogP contribution in [0.5, 0.6) is 0 Å². The molecule has 7 rings (SSSR count). The van der Waals surface area contributed by atoms with Crippen LogP contribution in [0.15, 0.2) is 79.0 Å². The number of esters is 8. The number of aromatic nitrogens is 1. The number of nitrogens with zero attached hydrogens (tertiary/aromatic N) is 1. The first-order valence-electron chi connectivity index (χ1n) is 21.6. The molecular weight excluding hydrogens is 895 g/mol. The van der Waals surface area contributed by atoms with E-state index < -0.39 is 138 Å². The molecule has 1 spiro atoms. The number of benzene rings is 2. The van der Waals surface area contributed by atoms with Gasteiger partial charge in [-0.2, -0.15) is 0 Å². The van der Waals surface area contributed by atoms with Crippen LogP contribution in [0, 0.1) is 11.3 Å². The van der Waals surface area contributed by atoms with E-state index in [1.807, 2.05) is 0 Å². The van der Waals surface area contributed by atoms with Gasteiger partial charge in [-0.25, -0.2) is 19.2 Å². The van der Waals surface area contributed by atoms with Crippen molar-refractivity contribution in [1.82, 2.24) is 4.98 Å². The Morgan fingerprint density at radius 1 is 0.691 bits per heavy atom. The minimum atomic E-state index is -3.03. The van der Waals surface area contributed by atoms with Crippen LogP contribution >= 0.6 is 0 Å². The van der Waals surface area contributed by atoms with E-state index in [4.69, 9.17) is 42.6 Å². The lowest BCUT2D eigenvalue weighted by Crippen LogP contribution is -2.89. The number of rotatable bonds is 9. The second-order valence-electron chi connectivity index (χ2n) is 17.9. The second kappa shape index (κ2) is 18.4. The van der Waals surface area contributed by atoms with Crippen molar-refractivity contribution >= 4 is 47.8 Å². The molecule has 20 nitrogen and oxygen atoms in total. The molecule has 3 fully saturated rings. The first-order chi connectivity index (χ1) is 32.0. The normalized spacial score (nSPS) is 34.0. The number of cyclic esters (lactones) is 1. The Hall–Kier alpha value is -6.77. The minimum Gasteiger partial charge on any atom is -0.465 e. The molecule has 3 aromatic rings. The fraction of sp³-hybridized carbons (Fsp3) is 0.479. The third-order valence-electron chi connectivity index (χ3n) is 13.1. The summed E-state index contributed by atoms with van der Waals surface area (Å²) in [6.07, 6.45) is -12.4. The lowest BCUT2D eigenvalue weighted by Gasteiger charge is -2.67. The van der Waals surface area contributed by atoms with Crippen molar-refractivity contribution in [2.45, 2.75) is 120 Å². The van der Waals surface area contributed by atoms with E-state index in [-0.39, 0.29) is 28.8 Å². The smallest absolute Gasteiger partial charge is 0.340 e. The molecular formula is C48H51NO19. The predicted molar refractivity (Wildman–Crippen MR) is 227 cm³/mol. The van der Waals surface area contributed by atoms with Gasteiger partial charge in [0.15, 0.2) is 35.6 Å². The number of pyridine rings is 1. The van der Waals surface area contributed by atoms with Gasteiger partial charge in [0.1, 0.15) is 42.0 Å². The van der Waals surface area contributed by atoms with E-state index in [1.54, 1.807) is 12.1 Å². The van der Waals surface area contributed by atoms with Crippen LogP contribution in [0.4, 0.5) is 0 Å². The van der Waals surface area contributed by atoms with Crippen LogP contribution in [-0.2, 0) is 73.0 Å². The number of hydrogen-bond donors (Lipinski definition) is 2. The van der Waals surface area contributed by atoms with Crippen LogP contribution < -0.4 is 0 Å². The Morgan fingerprint density at radius 3 is 1.82 bits per heavy atom. The molecule has 68 heavy (non-hydrogen) atoms. The third-order valence-corrected chi connectivity index (χ3v) is 13.1. The highest BCUT2D eigenvalue weighted by Crippen LogP contribution is 2.70. The van der Waals surface area contributed by atoms with Crippen LogP contribution in [0.3, 0.4) is 0 Å². The Labute approximate surface area is 389 Å². The Morgan fingerprint density at radius 2 is 1.25 bits per heavy atom. The topological polar surface area (TPSA) is 273 Å². The lowest BCUT2D eigenvalue weighted by molar-refractivity contribution is -0.385. The fourth-order valence-electron chi connectivity index (χ4n) is 10.3. The maximum atomic E-state index is 14.7. The van der Waals surface area contributed by atoms with E-state index in [0.717, 1.165) is 41.5 Å². The second-order valence-corrected chi connectivity index (χ2v) is 17.9. The molecule has 1 saturated heterocycles. The monoisotopic (exact) mass is 945 g/mol. The third kappa shape index (κ3) is 8.44. The first kappa shape index (κ1) is 49.1. The molecule has 2 aromatic carbocycles. The summed E-state index contributed by atoms with van der Waals surface area (Å²) in [5, 5.41) is 25.8. The number of ether oxygens (including phenoxy) is 9. The molecule has 3 heterocycles. The molecule has 20 heteroatoms. The summed E-state index contributed by atoms with van der Waals surface area (Å²) < 4.78 is 56.1. The number of carbonyl (C=O) groups excluding carboxylic acids is 8. The van der Waals surface area contributed by atoms with Gasteiger partial charge < -0.3 is 52.8 Å². The van der Waals surface area contributed by atoms with Crippen LogP contribution in [-0.4, -0.2) is 135 Å². The Bertz CT molecular complexity index is 2490. The molecule has 0 amide bonds. The maximum absolute atomic E-state index is 14.7. The highest BCUT2D eigenvalue weighted by atomic mass is 16.7. The molecule has 2 aliphatic carbocycles. The van der Waals surface area contributed by atoms with Crippen LogP contribution in [0.1, 0.15) is 91.7 Å². The Kier molecular flexibility index (Phi) is 13.3. The van der Waals surface area contributed by atoms with Gasteiger partial charge >= 0.3 is 47.8 Å². The standard InChI is InChI=1S/C48H51NO19/c1-25(50)60-24-47-38(64-28(4)53)34(62-26(2)51)33-36(63-27(3)52)48(47)46(7,59)37(35(65-40(54)29-15-10-8-11-16-29)39(47)66-41(55)30-17-12-9-13-18-30)67-43(57)44(5,58)21-20-32-31(19-14-22-49-32)42(56)61-23-45(33,6)68-48/h8-19,22,33-39,58-59H,20-21,23-24H2,1-7H3/t33-,34-,35+,36-,37+,38-,39+,44?,45+,46+,47-,48+/m1/s1. The van der Waals surface area contributed by atoms with Gasteiger partial charge in [0.2, 0.25) is 0 Å². The summed E-state index contributed by atoms with van der Waals surface area (Å²) in [6.45, 7) is 5.41. The molecule has 2 aliphatic heterocycles. The maximum Gasteiger partial charge on any atom is 0.340 e. The summed E-state index contributed by atoms with van der Waals surface area (Å²) >= 11 is 0. The van der Waals surface area contributed by atoms with Crippen molar-refractivity contribution in [3.63, 3.8) is 0 Å². The number of hydrogen-bond acceptors (Lipinski definition) is 20. The van der Waals surface area contributed by atoms with Gasteiger partial charge in [-0.15, -0.1) is 0 Å². The zero-order chi connectivity index (χ0) is 49.6. The molecule has 1 aromatic heterocycles. The number of fused-ring (bicyclic) bond motifs is 5. The van der Waals surface area contributed by atoms with Crippen molar-refractivity contribution in [3.8, 4) is 0 Å². The van der Waals surface area contributed by atoms with E-state index >= 15 is 0 Å². The lowest BCUT2D eigenvalue weighted by atomic mass is 9.45. The van der Waals surface area contributed by atoms with Gasteiger partial charge in [0.25, 0.3) is 0 Å². The largest absolute Gasteiger partial charge is 0.465 e. The number of aliphatic hydroxyl groups is 2. The predicted octanol–water partition coefficient (Wildman–Crippen LogP) is 2.57. The van der Waals surface area contributed by atoms with Crippen molar-refractivity contribution < 1.29 is 91.2 Å². The summed E-state index contributed by atoms with van der Waals surface area (Å²) in [7, 11) is 0. The fourth-order valence-corrected chi connectivity index (χ4v) is 10.3. The zero-order valence-corrected chi connectivity index (χ0v) is 38.2. The van der Waals surface area contributed by atoms with Gasteiger partial charge in [-0.3, -0.25) is 24.2 Å². The minimum absolute atomic E-state index is 0.0782. The highest BCUT2D eigenvalue weighted by molar-refractivity contribution is 5.91. The molecule has 4 bridgehead atoms. The van der Waals surface area contributed by atoms with E-state index in [2.05, 4.69) is 4.98 Å². The summed E-state index contributed by atoms with van der Waals surface area (Å²) in [5.41, 5.74) is -13.7. The van der Waals surface area contributed by atoms with Gasteiger partial charge in [0.05, 0.1) is 28.3 Å². The van der Waals surface area contributed by atoms with Gasteiger partial charge in [0, 0.05) is 33.9 Å². The SMILES string of the molecule is CC(=O)OC[C@]12[C@H](OC(C)=O)[C@H](OC(C)=O)[C@@H]3[C@@H](OC(C)=O)[C@@]14O[C@@]3(C)COC(=O)c1cccnc1CCC(C)(O)C(=O)O[C@@H]([C@H](OC(=O)c1ccccc1)[C@@H]2OC(=O)c1ccccc1)[C@]4(C)O. The first-order valence-corrected chi connectivity index (χ1v) is 21.6. The molecule has 362 valence electrons. The summed E-state index contributed by atoms with van der Waals surface area (Å²) in [5.74, 6) is -10.7. The molecule has 0 radical (unpaired) electrons. The van der Waals surface area contributed by atoms with Gasteiger partial charge in [-0.1, -0.05) is 36.4 Å². The van der Waals surface area contributed by atoms with Gasteiger partial charge in [-0.05, 0) is 70.0 Å². The summed E-state index contributed by atoms with van der Waals surface area (Å²) in [4.78, 5) is 116. The molecule has 2 saturated carbocycles. The van der Waals surface area contributed by atoms with E-state index in [9.17, 15) is 48.6 Å². The molecule has 1 unspecified atom stereocenters. The van der Waals surface area contributed by atoms with Crippen molar-refractivity contribution in [1.29, 1.82) is 0 Å². The average molecular weight is 946 g/mol. The van der Waals surface area contributed by atoms with E-state index in [0.29, 0.717) is 0 Å². The average Bonchev–Trinajstić information content (AvgIpc) is 3.50. The van der Waals surface area contributed by atoms with Crippen LogP contribution in [0.2, 0.25) is 0 Å². The molecule has 12 atom stereocenters. The van der Waals surface area contributed by atoms with Crippen molar-refractivity contribution in [2.24, 2.45) is 11.3 Å². The van der Waals surface area contributed by atoms with E-state index in [1.165, 1.54) is 73.8 Å².